The third-order valence-electron chi connectivity index (χ3n) is 4.05. The molecule has 0 aromatic heterocycles. The monoisotopic (exact) mass is 458 g/mol. The van der Waals surface area contributed by atoms with Gasteiger partial charge in [0, 0.05) is 5.75 Å². The molecule has 8 heteroatoms. The molecule has 0 aliphatic heterocycles. The second-order valence-electron chi connectivity index (χ2n) is 6.11. The Kier molecular flexibility index (Phi) is 7.16. The van der Waals surface area contributed by atoms with Crippen LogP contribution < -0.4 is 5.32 Å². The molecule has 0 saturated carbocycles. The van der Waals surface area contributed by atoms with Gasteiger partial charge >= 0.3 is 0 Å². The second-order valence-corrected chi connectivity index (χ2v) is 9.39. The van der Waals surface area contributed by atoms with E-state index in [1.54, 1.807) is 54.6 Å². The van der Waals surface area contributed by atoms with Gasteiger partial charge in [-0.15, -0.1) is 11.8 Å². The Morgan fingerprint density at radius 3 is 2.27 bits per heavy atom. The summed E-state index contributed by atoms with van der Waals surface area (Å²) in [5.74, 6) is -0.0409. The highest BCUT2D eigenvalue weighted by molar-refractivity contribution is 8.04. The van der Waals surface area contributed by atoms with Gasteiger partial charge in [0.15, 0.2) is 4.91 Å². The van der Waals surface area contributed by atoms with Gasteiger partial charge < -0.3 is 5.32 Å². The third kappa shape index (κ3) is 5.22. The summed E-state index contributed by atoms with van der Waals surface area (Å²) in [6, 6.07) is 22.3. The molecule has 0 spiro atoms. The number of allylic oxidation sites excluding steroid dienone is 1. The second kappa shape index (κ2) is 9.81. The minimum Gasteiger partial charge on any atom is -0.347 e. The zero-order valence-electron chi connectivity index (χ0n) is 15.5. The van der Waals surface area contributed by atoms with Gasteiger partial charge in [-0.05, 0) is 42.0 Å². The lowest BCUT2D eigenvalue weighted by molar-refractivity contribution is 0.603. The summed E-state index contributed by atoms with van der Waals surface area (Å²) in [7, 11) is -4.06. The summed E-state index contributed by atoms with van der Waals surface area (Å²) < 4.78 is 39.4. The van der Waals surface area contributed by atoms with Crippen molar-refractivity contribution in [1.29, 1.82) is 5.26 Å². The number of rotatable bonds is 7. The van der Waals surface area contributed by atoms with Gasteiger partial charge in [0.05, 0.1) is 15.6 Å². The van der Waals surface area contributed by atoms with Crippen molar-refractivity contribution in [1.82, 2.24) is 0 Å². The Morgan fingerprint density at radius 1 is 1.00 bits per heavy atom. The molecule has 0 radical (unpaired) electrons. The van der Waals surface area contributed by atoms with E-state index in [0.717, 1.165) is 17.3 Å². The fourth-order valence-electron chi connectivity index (χ4n) is 2.53. The summed E-state index contributed by atoms with van der Waals surface area (Å²) in [6.07, 6.45) is 0. The van der Waals surface area contributed by atoms with Gasteiger partial charge in [0.1, 0.15) is 16.9 Å². The van der Waals surface area contributed by atoms with Gasteiger partial charge in [0.25, 0.3) is 0 Å². The van der Waals surface area contributed by atoms with Crippen LogP contribution in [-0.4, -0.2) is 8.42 Å². The molecule has 3 aromatic rings. The highest BCUT2D eigenvalue weighted by atomic mass is 35.5. The Bertz CT molecular complexity index is 1210. The van der Waals surface area contributed by atoms with E-state index >= 15 is 0 Å². The van der Waals surface area contributed by atoms with Crippen molar-refractivity contribution in [2.24, 2.45) is 0 Å². The van der Waals surface area contributed by atoms with E-state index in [9.17, 15) is 18.1 Å². The van der Waals surface area contributed by atoms with Gasteiger partial charge in [0.2, 0.25) is 9.84 Å². The van der Waals surface area contributed by atoms with Crippen LogP contribution in [0.3, 0.4) is 0 Å². The Hall–Kier alpha value is -2.79. The van der Waals surface area contributed by atoms with E-state index in [1.807, 2.05) is 6.07 Å². The average Bonchev–Trinajstić information content (AvgIpc) is 2.75. The topological polar surface area (TPSA) is 70.0 Å². The molecule has 0 fully saturated rings. The maximum atomic E-state index is 13.2. The van der Waals surface area contributed by atoms with Crippen LogP contribution in [0.5, 0.6) is 0 Å². The van der Waals surface area contributed by atoms with Crippen LogP contribution in [0.1, 0.15) is 5.56 Å². The number of hydrogen-bond acceptors (Lipinski definition) is 5. The molecule has 1 N–H and O–H groups in total. The highest BCUT2D eigenvalue weighted by Crippen LogP contribution is 2.33. The SMILES string of the molecule is N#C/C(=C(/Nc1ccccc1Cl)SCc1ccc(F)cc1)S(=O)(=O)c1ccccc1. The molecule has 0 atom stereocenters. The number of nitrogens with zero attached hydrogens (tertiary/aromatic N) is 1. The molecule has 4 nitrogen and oxygen atoms in total. The van der Waals surface area contributed by atoms with E-state index in [1.165, 1.54) is 24.3 Å². The Labute approximate surface area is 183 Å². The van der Waals surface area contributed by atoms with Gasteiger partial charge in [-0.25, -0.2) is 12.8 Å². The van der Waals surface area contributed by atoms with Gasteiger partial charge in [-0.2, -0.15) is 5.26 Å². The summed E-state index contributed by atoms with van der Waals surface area (Å²) >= 11 is 7.34. The smallest absolute Gasteiger partial charge is 0.219 e. The minimum absolute atomic E-state index is 0.0161. The van der Waals surface area contributed by atoms with Crippen molar-refractivity contribution < 1.29 is 12.8 Å². The molecule has 0 saturated heterocycles. The summed E-state index contributed by atoms with van der Waals surface area (Å²) in [5, 5.41) is 13.3. The fourth-order valence-corrected chi connectivity index (χ4v) is 5.25. The van der Waals surface area contributed by atoms with E-state index in [2.05, 4.69) is 5.32 Å². The predicted molar refractivity (Wildman–Crippen MR) is 119 cm³/mol. The summed E-state index contributed by atoms with van der Waals surface area (Å²) in [4.78, 5) is -0.400. The Balaban J connectivity index is 2.04. The lowest BCUT2D eigenvalue weighted by Gasteiger charge is -2.15. The highest BCUT2D eigenvalue weighted by Gasteiger charge is 2.25. The number of thioether (sulfide) groups is 1. The summed E-state index contributed by atoms with van der Waals surface area (Å²) in [6.45, 7) is 0. The molecule has 0 aliphatic rings. The molecule has 3 aromatic carbocycles. The normalized spacial score (nSPS) is 12.0. The molecule has 30 heavy (non-hydrogen) atoms. The number of hydrogen-bond donors (Lipinski definition) is 1. The maximum Gasteiger partial charge on any atom is 0.219 e. The zero-order valence-corrected chi connectivity index (χ0v) is 17.9. The van der Waals surface area contributed by atoms with Crippen molar-refractivity contribution >= 4 is 38.9 Å². The number of halogens is 2. The first-order valence-corrected chi connectivity index (χ1v) is 11.6. The number of anilines is 1. The standard InChI is InChI=1S/C22H16ClFN2O2S2/c23-19-8-4-5-9-20(19)26-22(29-15-16-10-12-17(24)13-11-16)21(14-25)30(27,28)18-6-2-1-3-7-18/h1-13,26H,15H2/b22-21+. The largest absolute Gasteiger partial charge is 0.347 e. The van der Waals surface area contributed by atoms with Gasteiger partial charge in [-0.3, -0.25) is 0 Å². The first-order chi connectivity index (χ1) is 14.4. The molecular formula is C22H16ClFN2O2S2. The first kappa shape index (κ1) is 21.9. The Morgan fingerprint density at radius 2 is 1.63 bits per heavy atom. The molecule has 0 aliphatic carbocycles. The van der Waals surface area contributed by atoms with Crippen molar-refractivity contribution in [3.05, 3.63) is 105 Å². The maximum absolute atomic E-state index is 13.2. The molecule has 0 bridgehead atoms. The average molecular weight is 459 g/mol. The lowest BCUT2D eigenvalue weighted by atomic mass is 10.2. The van der Waals surface area contributed by atoms with Crippen LogP contribution in [0, 0.1) is 17.1 Å². The van der Waals surface area contributed by atoms with Crippen LogP contribution in [-0.2, 0) is 15.6 Å². The first-order valence-electron chi connectivity index (χ1n) is 8.75. The zero-order chi connectivity index (χ0) is 21.6. The lowest BCUT2D eigenvalue weighted by Crippen LogP contribution is -2.10. The molecular weight excluding hydrogens is 443 g/mol. The van der Waals surface area contributed by atoms with E-state index in [4.69, 9.17) is 11.6 Å². The van der Waals surface area contributed by atoms with E-state index < -0.39 is 14.7 Å². The molecule has 3 rings (SSSR count). The number of nitriles is 1. The third-order valence-corrected chi connectivity index (χ3v) is 7.31. The molecule has 0 amide bonds. The predicted octanol–water partition coefficient (Wildman–Crippen LogP) is 5.99. The molecule has 0 heterocycles. The fraction of sp³-hybridized carbons (Fsp3) is 0.0455. The number of benzene rings is 3. The number of para-hydroxylation sites is 1. The molecule has 152 valence electrons. The number of sulfone groups is 1. The van der Waals surface area contributed by atoms with Crippen molar-refractivity contribution in [2.45, 2.75) is 10.6 Å². The van der Waals surface area contributed by atoms with Crippen molar-refractivity contribution in [3.8, 4) is 6.07 Å². The van der Waals surface area contributed by atoms with Crippen LogP contribution in [0.4, 0.5) is 10.1 Å². The van der Waals surface area contributed by atoms with Crippen molar-refractivity contribution in [3.63, 3.8) is 0 Å². The summed E-state index contributed by atoms with van der Waals surface area (Å²) in [5.41, 5.74) is 1.24. The number of nitrogens with one attached hydrogen (secondary N) is 1. The van der Waals surface area contributed by atoms with Gasteiger partial charge in [-0.1, -0.05) is 54.1 Å². The van der Waals surface area contributed by atoms with E-state index in [-0.39, 0.29) is 15.7 Å². The molecule has 0 unspecified atom stereocenters. The van der Waals surface area contributed by atoms with Crippen LogP contribution in [0.25, 0.3) is 0 Å². The van der Waals surface area contributed by atoms with Crippen molar-refractivity contribution in [2.75, 3.05) is 5.32 Å². The van der Waals surface area contributed by atoms with Crippen LogP contribution >= 0.6 is 23.4 Å². The minimum atomic E-state index is -4.06. The van der Waals surface area contributed by atoms with Crippen LogP contribution in [0.15, 0.2) is 93.7 Å². The quantitative estimate of drug-likeness (QED) is 0.440. The van der Waals surface area contributed by atoms with E-state index in [0.29, 0.717) is 16.5 Å². The van der Waals surface area contributed by atoms with Crippen LogP contribution in [0.2, 0.25) is 5.02 Å².